The molecule has 1 aliphatic rings. The van der Waals surface area contributed by atoms with Crippen LogP contribution in [0, 0.1) is 12.8 Å². The lowest BCUT2D eigenvalue weighted by atomic mass is 9.93. The first-order valence-electron chi connectivity index (χ1n) is 6.98. The third-order valence-electron chi connectivity index (χ3n) is 3.87. The number of carbonyl (C=O) groups excluding carboxylic acids is 1. The molecule has 4 nitrogen and oxygen atoms in total. The van der Waals surface area contributed by atoms with Crippen LogP contribution in [0.5, 0.6) is 0 Å². The number of ketones is 1. The van der Waals surface area contributed by atoms with E-state index >= 15 is 0 Å². The molecule has 1 aromatic heterocycles. The van der Waals surface area contributed by atoms with Gasteiger partial charge in [0.15, 0.2) is 0 Å². The highest BCUT2D eigenvalue weighted by molar-refractivity contribution is 6.30. The smallest absolute Gasteiger partial charge is 0.137 e. The van der Waals surface area contributed by atoms with Crippen molar-refractivity contribution >= 4 is 17.4 Å². The summed E-state index contributed by atoms with van der Waals surface area (Å²) in [6, 6.07) is 0. The van der Waals surface area contributed by atoms with E-state index in [-0.39, 0.29) is 5.78 Å². The van der Waals surface area contributed by atoms with Crippen LogP contribution in [-0.4, -0.2) is 28.7 Å². The summed E-state index contributed by atoms with van der Waals surface area (Å²) in [5, 5.41) is 8.21. The van der Waals surface area contributed by atoms with Gasteiger partial charge in [0.05, 0.1) is 5.69 Å². The minimum absolute atomic E-state index is 0.267. The van der Waals surface area contributed by atoms with Crippen LogP contribution >= 0.6 is 11.6 Å². The van der Waals surface area contributed by atoms with E-state index in [9.17, 15) is 4.79 Å². The van der Waals surface area contributed by atoms with E-state index in [1.54, 1.807) is 11.7 Å². The van der Waals surface area contributed by atoms with Gasteiger partial charge in [0.2, 0.25) is 0 Å². The van der Waals surface area contributed by atoms with Crippen LogP contribution in [0.2, 0.25) is 5.15 Å². The second-order valence-corrected chi connectivity index (χ2v) is 5.80. The topological polar surface area (TPSA) is 46.9 Å². The summed E-state index contributed by atoms with van der Waals surface area (Å²) in [7, 11) is 1.80. The second kappa shape index (κ2) is 6.53. The van der Waals surface area contributed by atoms with Crippen LogP contribution in [0.25, 0.3) is 0 Å². The summed E-state index contributed by atoms with van der Waals surface area (Å²) >= 11 is 6.15. The second-order valence-electron chi connectivity index (χ2n) is 5.44. The molecule has 19 heavy (non-hydrogen) atoms. The lowest BCUT2D eigenvalue weighted by Gasteiger charge is -2.22. The normalized spacial score (nSPS) is 19.6. The third-order valence-corrected chi connectivity index (χ3v) is 4.35. The first-order valence-corrected chi connectivity index (χ1v) is 7.36. The van der Waals surface area contributed by atoms with Gasteiger partial charge in [0.25, 0.3) is 0 Å². The largest absolute Gasteiger partial charge is 0.316 e. The Morgan fingerprint density at radius 3 is 2.95 bits per heavy atom. The number of hydrogen-bond donors (Lipinski definition) is 1. The number of rotatable bonds is 5. The van der Waals surface area contributed by atoms with Crippen molar-refractivity contribution in [3.63, 3.8) is 0 Å². The molecule has 0 spiro atoms. The fraction of sp³-hybridized carbons (Fsp3) is 0.714. The van der Waals surface area contributed by atoms with Gasteiger partial charge >= 0.3 is 0 Å². The molecular formula is C14H22ClN3O. The summed E-state index contributed by atoms with van der Waals surface area (Å²) < 4.78 is 1.63. The van der Waals surface area contributed by atoms with E-state index in [0.29, 0.717) is 23.9 Å². The first kappa shape index (κ1) is 14.5. The maximum atomic E-state index is 12.1. The maximum absolute atomic E-state index is 12.1. The number of halogens is 1. The lowest BCUT2D eigenvalue weighted by molar-refractivity contribution is -0.118. The van der Waals surface area contributed by atoms with E-state index in [1.807, 2.05) is 6.92 Å². The van der Waals surface area contributed by atoms with Crippen LogP contribution in [0.4, 0.5) is 0 Å². The molecule has 0 amide bonds. The van der Waals surface area contributed by atoms with E-state index in [4.69, 9.17) is 11.6 Å². The van der Waals surface area contributed by atoms with E-state index in [2.05, 4.69) is 10.4 Å². The SMILES string of the molecule is Cc1nn(C)c(Cl)c1CC(=O)CCC1CCCNC1. The van der Waals surface area contributed by atoms with E-state index in [0.717, 1.165) is 30.8 Å². The molecule has 1 unspecified atom stereocenters. The molecular weight excluding hydrogens is 262 g/mol. The first-order chi connectivity index (χ1) is 9.08. The zero-order chi connectivity index (χ0) is 13.8. The Morgan fingerprint density at radius 2 is 2.37 bits per heavy atom. The zero-order valence-corrected chi connectivity index (χ0v) is 12.5. The quantitative estimate of drug-likeness (QED) is 0.902. The Hall–Kier alpha value is -0.870. The van der Waals surface area contributed by atoms with Gasteiger partial charge < -0.3 is 5.32 Å². The van der Waals surface area contributed by atoms with Crippen LogP contribution in [0.15, 0.2) is 0 Å². The Morgan fingerprint density at radius 1 is 1.58 bits per heavy atom. The van der Waals surface area contributed by atoms with Crippen molar-refractivity contribution in [2.75, 3.05) is 13.1 Å². The molecule has 0 bridgehead atoms. The molecule has 0 radical (unpaired) electrons. The third kappa shape index (κ3) is 3.80. The molecule has 0 aliphatic carbocycles. The fourth-order valence-corrected chi connectivity index (χ4v) is 2.94. The number of hydrogen-bond acceptors (Lipinski definition) is 3. The number of nitrogens with zero attached hydrogens (tertiary/aromatic N) is 2. The minimum atomic E-state index is 0.267. The minimum Gasteiger partial charge on any atom is -0.316 e. The van der Waals surface area contributed by atoms with Crippen molar-refractivity contribution in [1.29, 1.82) is 0 Å². The van der Waals surface area contributed by atoms with Gasteiger partial charge in [-0.15, -0.1) is 0 Å². The molecule has 1 N–H and O–H groups in total. The van der Waals surface area contributed by atoms with Crippen molar-refractivity contribution < 1.29 is 4.79 Å². The van der Waals surface area contributed by atoms with Crippen LogP contribution < -0.4 is 5.32 Å². The molecule has 1 atom stereocenters. The predicted molar refractivity (Wildman–Crippen MR) is 76.5 cm³/mol. The molecule has 2 heterocycles. The van der Waals surface area contributed by atoms with Crippen molar-refractivity contribution in [2.45, 2.75) is 39.0 Å². The molecule has 106 valence electrons. The van der Waals surface area contributed by atoms with Gasteiger partial charge in [-0.1, -0.05) is 11.6 Å². The molecule has 2 rings (SSSR count). The Labute approximate surface area is 119 Å². The van der Waals surface area contributed by atoms with Gasteiger partial charge in [-0.25, -0.2) is 0 Å². The summed E-state index contributed by atoms with van der Waals surface area (Å²) in [4.78, 5) is 12.1. The van der Waals surface area contributed by atoms with Gasteiger partial charge in [-0.05, 0) is 45.2 Å². The number of aryl methyl sites for hydroxylation is 2. The molecule has 0 saturated carbocycles. The highest BCUT2D eigenvalue weighted by atomic mass is 35.5. The Kier molecular flexibility index (Phi) is 4.99. The molecule has 1 saturated heterocycles. The van der Waals surface area contributed by atoms with Crippen LogP contribution in [0.1, 0.15) is 36.9 Å². The lowest BCUT2D eigenvalue weighted by Crippen LogP contribution is -2.30. The van der Waals surface area contributed by atoms with Gasteiger partial charge in [0, 0.05) is 25.5 Å². The summed E-state index contributed by atoms with van der Waals surface area (Å²) in [5.74, 6) is 0.923. The van der Waals surface area contributed by atoms with Crippen molar-refractivity contribution in [1.82, 2.24) is 15.1 Å². The average Bonchev–Trinajstić information content (AvgIpc) is 2.64. The molecule has 1 fully saturated rings. The molecule has 1 aliphatic heterocycles. The Bertz CT molecular complexity index is 450. The number of carbonyl (C=O) groups is 1. The molecule has 0 aromatic carbocycles. The number of aromatic nitrogens is 2. The summed E-state index contributed by atoms with van der Waals surface area (Å²) in [5.41, 5.74) is 1.75. The molecule has 5 heteroatoms. The number of Topliss-reactive ketones (excluding diaryl/α,β-unsaturated/α-hetero) is 1. The van der Waals surface area contributed by atoms with Gasteiger partial charge in [0.1, 0.15) is 10.9 Å². The zero-order valence-electron chi connectivity index (χ0n) is 11.7. The monoisotopic (exact) mass is 283 g/mol. The van der Waals surface area contributed by atoms with E-state index in [1.165, 1.54) is 12.8 Å². The average molecular weight is 284 g/mol. The fourth-order valence-electron chi connectivity index (χ4n) is 2.70. The highest BCUT2D eigenvalue weighted by Crippen LogP contribution is 2.21. The maximum Gasteiger partial charge on any atom is 0.137 e. The Balaban J connectivity index is 1.83. The highest BCUT2D eigenvalue weighted by Gasteiger charge is 2.17. The van der Waals surface area contributed by atoms with Gasteiger partial charge in [-0.3, -0.25) is 9.48 Å². The number of nitrogens with one attached hydrogen (secondary N) is 1. The standard InChI is InChI=1S/C14H22ClN3O/c1-10-13(14(15)18(2)17-10)8-12(19)6-5-11-4-3-7-16-9-11/h11,16H,3-9H2,1-2H3. The van der Waals surface area contributed by atoms with Crippen molar-refractivity contribution in [3.05, 3.63) is 16.4 Å². The number of piperidine rings is 1. The summed E-state index contributed by atoms with van der Waals surface area (Å²) in [6.07, 6.45) is 4.53. The van der Waals surface area contributed by atoms with Gasteiger partial charge in [-0.2, -0.15) is 5.10 Å². The summed E-state index contributed by atoms with van der Waals surface area (Å²) in [6.45, 7) is 4.08. The molecule has 1 aromatic rings. The van der Waals surface area contributed by atoms with Crippen LogP contribution in [0.3, 0.4) is 0 Å². The van der Waals surface area contributed by atoms with E-state index < -0.39 is 0 Å². The van der Waals surface area contributed by atoms with Crippen molar-refractivity contribution in [3.8, 4) is 0 Å². The predicted octanol–water partition coefficient (Wildman–Crippen LogP) is 2.27. The van der Waals surface area contributed by atoms with Crippen molar-refractivity contribution in [2.24, 2.45) is 13.0 Å². The van der Waals surface area contributed by atoms with Crippen LogP contribution in [-0.2, 0) is 18.3 Å².